The number of ether oxygens (including phenoxy) is 1. The Bertz CT molecular complexity index is 669. The van der Waals surface area contributed by atoms with Gasteiger partial charge in [0.1, 0.15) is 5.75 Å². The molecule has 0 aliphatic carbocycles. The van der Waals surface area contributed by atoms with Crippen molar-refractivity contribution in [3.05, 3.63) is 65.2 Å². The van der Waals surface area contributed by atoms with Crippen LogP contribution < -0.4 is 15.8 Å². The summed E-state index contributed by atoms with van der Waals surface area (Å²) in [6.45, 7) is 0.984. The van der Waals surface area contributed by atoms with Crippen LogP contribution in [0.15, 0.2) is 48.5 Å². The highest BCUT2D eigenvalue weighted by Gasteiger charge is 2.16. The molecule has 0 spiro atoms. The lowest BCUT2D eigenvalue weighted by Crippen LogP contribution is -2.34. The largest absolute Gasteiger partial charge is 0.497 e. The summed E-state index contributed by atoms with van der Waals surface area (Å²) in [6, 6.07) is 15.3. The number of hydrogen-bond acceptors (Lipinski definition) is 4. The molecule has 2 rings (SSSR count). The second kappa shape index (κ2) is 8.47. The molecule has 1 unspecified atom stereocenters. The van der Waals surface area contributed by atoms with Gasteiger partial charge in [-0.1, -0.05) is 24.3 Å². The fraction of sp³-hybridized carbons (Fsp3) is 0.316. The summed E-state index contributed by atoms with van der Waals surface area (Å²) < 4.78 is 5.29. The maximum Gasteiger partial charge on any atom is 0.251 e. The SMILES string of the molecule is COc1cccc(C(CNC(=O)c2ccc(CN)cc2)N(C)C)c1. The average Bonchev–Trinajstić information content (AvgIpc) is 2.61. The van der Waals surface area contributed by atoms with Crippen molar-refractivity contribution in [3.63, 3.8) is 0 Å². The van der Waals surface area contributed by atoms with Crippen LogP contribution in [0.3, 0.4) is 0 Å². The minimum atomic E-state index is -0.0895. The van der Waals surface area contributed by atoms with E-state index < -0.39 is 0 Å². The fourth-order valence-electron chi connectivity index (χ4n) is 2.53. The predicted octanol–water partition coefficient (Wildman–Crippen LogP) is 2.19. The maximum absolute atomic E-state index is 12.3. The molecule has 1 atom stereocenters. The van der Waals surface area contributed by atoms with Gasteiger partial charge in [-0.2, -0.15) is 0 Å². The maximum atomic E-state index is 12.3. The van der Waals surface area contributed by atoms with E-state index in [1.807, 2.05) is 50.5 Å². The van der Waals surface area contributed by atoms with Crippen molar-refractivity contribution >= 4 is 5.91 Å². The Morgan fingerprint density at radius 3 is 2.50 bits per heavy atom. The van der Waals surface area contributed by atoms with Crippen molar-refractivity contribution in [2.45, 2.75) is 12.6 Å². The molecule has 3 N–H and O–H groups in total. The molecular formula is C19H25N3O2. The molecule has 0 saturated carbocycles. The summed E-state index contributed by atoms with van der Waals surface area (Å²) in [4.78, 5) is 14.4. The second-order valence-corrected chi connectivity index (χ2v) is 5.87. The van der Waals surface area contributed by atoms with E-state index in [-0.39, 0.29) is 11.9 Å². The van der Waals surface area contributed by atoms with Crippen molar-refractivity contribution in [3.8, 4) is 5.75 Å². The van der Waals surface area contributed by atoms with Crippen LogP contribution in [0.25, 0.3) is 0 Å². The summed E-state index contributed by atoms with van der Waals surface area (Å²) >= 11 is 0. The average molecular weight is 327 g/mol. The van der Waals surface area contributed by atoms with E-state index in [2.05, 4.69) is 10.2 Å². The predicted molar refractivity (Wildman–Crippen MR) is 96.1 cm³/mol. The minimum absolute atomic E-state index is 0.0624. The number of carbonyl (C=O) groups excluding carboxylic acids is 1. The van der Waals surface area contributed by atoms with E-state index in [0.717, 1.165) is 16.9 Å². The zero-order valence-electron chi connectivity index (χ0n) is 14.5. The zero-order chi connectivity index (χ0) is 17.5. The Kier molecular flexibility index (Phi) is 6.35. The van der Waals surface area contributed by atoms with Crippen LogP contribution in [0.2, 0.25) is 0 Å². The van der Waals surface area contributed by atoms with Gasteiger partial charge >= 0.3 is 0 Å². The number of carbonyl (C=O) groups is 1. The van der Waals surface area contributed by atoms with E-state index in [9.17, 15) is 4.79 Å². The lowest BCUT2D eigenvalue weighted by Gasteiger charge is -2.25. The summed E-state index contributed by atoms with van der Waals surface area (Å²) in [7, 11) is 5.63. The third-order valence-electron chi connectivity index (χ3n) is 4.01. The molecule has 0 aliphatic rings. The molecule has 0 saturated heterocycles. The van der Waals surface area contributed by atoms with Crippen molar-refractivity contribution in [2.24, 2.45) is 5.73 Å². The quantitative estimate of drug-likeness (QED) is 0.818. The van der Waals surface area contributed by atoms with Gasteiger partial charge in [-0.05, 0) is 49.5 Å². The van der Waals surface area contributed by atoms with E-state index in [4.69, 9.17) is 10.5 Å². The Morgan fingerprint density at radius 2 is 1.92 bits per heavy atom. The van der Waals surface area contributed by atoms with Crippen molar-refractivity contribution in [1.29, 1.82) is 0 Å². The number of benzene rings is 2. The summed E-state index contributed by atoms with van der Waals surface area (Å²) in [5.41, 5.74) is 8.32. The molecule has 0 radical (unpaired) electrons. The first-order valence-electron chi connectivity index (χ1n) is 7.92. The Labute approximate surface area is 143 Å². The molecule has 5 heteroatoms. The number of nitrogens with two attached hydrogens (primary N) is 1. The molecule has 0 heterocycles. The third kappa shape index (κ3) is 4.57. The van der Waals surface area contributed by atoms with Gasteiger partial charge in [0.2, 0.25) is 0 Å². The van der Waals surface area contributed by atoms with Gasteiger partial charge in [0.05, 0.1) is 13.2 Å². The van der Waals surface area contributed by atoms with Gasteiger partial charge in [-0.3, -0.25) is 4.79 Å². The number of nitrogens with zero attached hydrogens (tertiary/aromatic N) is 1. The topological polar surface area (TPSA) is 67.6 Å². The van der Waals surface area contributed by atoms with E-state index in [0.29, 0.717) is 18.7 Å². The third-order valence-corrected chi connectivity index (χ3v) is 4.01. The van der Waals surface area contributed by atoms with Gasteiger partial charge in [0.25, 0.3) is 5.91 Å². The molecule has 2 aromatic carbocycles. The number of amides is 1. The number of nitrogens with one attached hydrogen (secondary N) is 1. The molecule has 0 bridgehead atoms. The normalized spacial score (nSPS) is 12.0. The molecule has 128 valence electrons. The van der Waals surface area contributed by atoms with E-state index in [1.165, 1.54) is 0 Å². The van der Waals surface area contributed by atoms with Crippen LogP contribution in [-0.4, -0.2) is 38.6 Å². The van der Waals surface area contributed by atoms with Gasteiger partial charge in [0.15, 0.2) is 0 Å². The van der Waals surface area contributed by atoms with Crippen molar-refractivity contribution in [2.75, 3.05) is 27.7 Å². The Morgan fingerprint density at radius 1 is 1.21 bits per heavy atom. The number of rotatable bonds is 7. The van der Waals surface area contributed by atoms with Crippen LogP contribution >= 0.6 is 0 Å². The minimum Gasteiger partial charge on any atom is -0.497 e. The summed E-state index contributed by atoms with van der Waals surface area (Å²) in [5.74, 6) is 0.719. The van der Waals surface area contributed by atoms with Crippen molar-refractivity contribution in [1.82, 2.24) is 10.2 Å². The lowest BCUT2D eigenvalue weighted by atomic mass is 10.1. The Balaban J connectivity index is 2.06. The van der Waals surface area contributed by atoms with E-state index >= 15 is 0 Å². The van der Waals surface area contributed by atoms with E-state index in [1.54, 1.807) is 19.2 Å². The summed E-state index contributed by atoms with van der Waals surface area (Å²) in [5, 5.41) is 3.00. The first-order valence-corrected chi connectivity index (χ1v) is 7.92. The van der Waals surface area contributed by atoms with Gasteiger partial charge in [-0.15, -0.1) is 0 Å². The highest BCUT2D eigenvalue weighted by Crippen LogP contribution is 2.22. The van der Waals surface area contributed by atoms with Crippen LogP contribution in [-0.2, 0) is 6.54 Å². The Hall–Kier alpha value is -2.37. The van der Waals surface area contributed by atoms with Crippen LogP contribution in [0.4, 0.5) is 0 Å². The summed E-state index contributed by atoms with van der Waals surface area (Å²) in [6.07, 6.45) is 0. The second-order valence-electron chi connectivity index (χ2n) is 5.87. The highest BCUT2D eigenvalue weighted by atomic mass is 16.5. The standard InChI is InChI=1S/C19H25N3O2/c1-22(2)18(16-5-4-6-17(11-16)24-3)13-21-19(23)15-9-7-14(12-20)8-10-15/h4-11,18H,12-13,20H2,1-3H3,(H,21,23). The smallest absolute Gasteiger partial charge is 0.251 e. The first kappa shape index (κ1) is 18.0. The molecule has 1 amide bonds. The van der Waals surface area contributed by atoms with Crippen molar-refractivity contribution < 1.29 is 9.53 Å². The fourth-order valence-corrected chi connectivity index (χ4v) is 2.53. The van der Waals surface area contributed by atoms with Gasteiger partial charge in [-0.25, -0.2) is 0 Å². The zero-order valence-corrected chi connectivity index (χ0v) is 14.5. The first-order chi connectivity index (χ1) is 11.5. The molecular weight excluding hydrogens is 302 g/mol. The molecule has 0 aromatic heterocycles. The van der Waals surface area contributed by atoms with Crippen LogP contribution in [0, 0.1) is 0 Å². The number of hydrogen-bond donors (Lipinski definition) is 2. The van der Waals surface area contributed by atoms with Crippen LogP contribution in [0.1, 0.15) is 27.5 Å². The lowest BCUT2D eigenvalue weighted by molar-refractivity contribution is 0.0942. The van der Waals surface area contributed by atoms with Gasteiger partial charge < -0.3 is 20.7 Å². The number of likely N-dealkylation sites (N-methyl/N-ethyl adjacent to an activating group) is 1. The molecule has 0 aliphatic heterocycles. The van der Waals surface area contributed by atoms with Crippen LogP contribution in [0.5, 0.6) is 5.75 Å². The molecule has 0 fully saturated rings. The molecule has 2 aromatic rings. The monoisotopic (exact) mass is 327 g/mol. The van der Waals surface area contributed by atoms with Gasteiger partial charge in [0, 0.05) is 18.7 Å². The number of methoxy groups -OCH3 is 1. The highest BCUT2D eigenvalue weighted by molar-refractivity contribution is 5.94. The molecule has 5 nitrogen and oxygen atoms in total. The molecule has 24 heavy (non-hydrogen) atoms.